The van der Waals surface area contributed by atoms with Gasteiger partial charge in [0.1, 0.15) is 5.82 Å². The number of aryl methyl sites for hydroxylation is 1. The number of rotatable bonds is 6. The lowest BCUT2D eigenvalue weighted by molar-refractivity contribution is 0.104. The van der Waals surface area contributed by atoms with Crippen LogP contribution in [0.2, 0.25) is 0 Å². The fourth-order valence-electron chi connectivity index (χ4n) is 3.28. The molecule has 0 saturated heterocycles. The summed E-state index contributed by atoms with van der Waals surface area (Å²) in [5.41, 5.74) is 3.52. The summed E-state index contributed by atoms with van der Waals surface area (Å²) in [6.07, 6.45) is 5.15. The van der Waals surface area contributed by atoms with Gasteiger partial charge in [-0.25, -0.2) is 4.68 Å². The van der Waals surface area contributed by atoms with Crippen molar-refractivity contribution in [2.75, 3.05) is 7.11 Å². The lowest BCUT2D eigenvalue weighted by atomic mass is 10.1. The Morgan fingerprint density at radius 3 is 2.64 bits per heavy atom. The van der Waals surface area contributed by atoms with Crippen molar-refractivity contribution in [1.29, 1.82) is 0 Å². The van der Waals surface area contributed by atoms with Gasteiger partial charge >= 0.3 is 0 Å². The minimum atomic E-state index is -0.157. The Morgan fingerprint density at radius 1 is 1.21 bits per heavy atom. The predicted molar refractivity (Wildman–Crippen MR) is 109 cm³/mol. The van der Waals surface area contributed by atoms with Gasteiger partial charge in [-0.3, -0.25) is 4.79 Å². The Morgan fingerprint density at radius 2 is 1.96 bits per heavy atom. The zero-order valence-electron chi connectivity index (χ0n) is 16.8. The number of allylic oxidation sites excluding steroid dienone is 1. The topological polar surface area (TPSA) is 69.3 Å². The van der Waals surface area contributed by atoms with E-state index in [1.165, 1.54) is 25.3 Å². The fraction of sp³-hybridized carbons (Fsp3) is 0.273. The van der Waals surface area contributed by atoms with E-state index in [9.17, 15) is 9.90 Å². The van der Waals surface area contributed by atoms with E-state index in [4.69, 9.17) is 4.74 Å². The molecule has 3 aromatic rings. The van der Waals surface area contributed by atoms with Crippen molar-refractivity contribution in [1.82, 2.24) is 14.3 Å². The molecule has 1 aromatic carbocycles. The highest BCUT2D eigenvalue weighted by Gasteiger charge is 2.15. The van der Waals surface area contributed by atoms with E-state index in [1.807, 2.05) is 36.7 Å². The number of ketones is 1. The second kappa shape index (κ2) is 7.76. The van der Waals surface area contributed by atoms with Gasteiger partial charge in [0.25, 0.3) is 0 Å². The van der Waals surface area contributed by atoms with E-state index in [0.717, 1.165) is 22.8 Å². The molecule has 0 fully saturated rings. The van der Waals surface area contributed by atoms with Crippen molar-refractivity contribution in [3.8, 4) is 17.3 Å². The number of phenolic OH excluding ortho intramolecular Hbond substituents is 1. The average molecular weight is 379 g/mol. The van der Waals surface area contributed by atoms with Crippen molar-refractivity contribution in [3.05, 3.63) is 65.1 Å². The number of nitrogens with zero attached hydrogens (tertiary/aromatic N) is 3. The molecule has 0 aliphatic carbocycles. The van der Waals surface area contributed by atoms with E-state index in [1.54, 1.807) is 12.3 Å². The quantitative estimate of drug-likeness (QED) is 0.506. The first-order valence-corrected chi connectivity index (χ1v) is 9.15. The second-order valence-electron chi connectivity index (χ2n) is 6.97. The third-order valence-electron chi connectivity index (χ3n) is 4.72. The molecule has 2 aromatic heterocycles. The number of hydrogen-bond donors (Lipinski definition) is 1. The van der Waals surface area contributed by atoms with E-state index in [0.29, 0.717) is 5.56 Å². The van der Waals surface area contributed by atoms with Crippen LogP contribution >= 0.6 is 0 Å². The molecule has 6 nitrogen and oxygen atoms in total. The Balaban J connectivity index is 1.91. The molecule has 0 bridgehead atoms. The number of ether oxygens (including phenoxy) is 1. The minimum Gasteiger partial charge on any atom is -0.504 e. The Kier molecular flexibility index (Phi) is 5.40. The molecule has 0 atom stereocenters. The van der Waals surface area contributed by atoms with Crippen molar-refractivity contribution in [2.45, 2.75) is 33.7 Å². The number of aromatic nitrogens is 3. The van der Waals surface area contributed by atoms with Crippen LogP contribution < -0.4 is 4.74 Å². The summed E-state index contributed by atoms with van der Waals surface area (Å²) in [5.74, 6) is 1.13. The van der Waals surface area contributed by atoms with Crippen LogP contribution in [0, 0.1) is 13.8 Å². The molecule has 2 heterocycles. The lowest BCUT2D eigenvalue weighted by Gasteiger charge is -2.15. The molecule has 0 aliphatic heterocycles. The first-order valence-electron chi connectivity index (χ1n) is 9.15. The first-order chi connectivity index (χ1) is 13.3. The predicted octanol–water partition coefficient (Wildman–Crippen LogP) is 4.48. The van der Waals surface area contributed by atoms with Gasteiger partial charge in [0.15, 0.2) is 17.3 Å². The second-order valence-corrected chi connectivity index (χ2v) is 6.97. The van der Waals surface area contributed by atoms with Gasteiger partial charge in [-0.1, -0.05) is 0 Å². The maximum atomic E-state index is 12.5. The molecular formula is C22H25N3O3. The number of phenols is 1. The van der Waals surface area contributed by atoms with Crippen molar-refractivity contribution >= 4 is 11.9 Å². The molecule has 0 radical (unpaired) electrons. The summed E-state index contributed by atoms with van der Waals surface area (Å²) < 4.78 is 9.18. The summed E-state index contributed by atoms with van der Waals surface area (Å²) >= 11 is 0. The number of hydrogen-bond acceptors (Lipinski definition) is 4. The Labute approximate surface area is 164 Å². The molecule has 28 heavy (non-hydrogen) atoms. The first kappa shape index (κ1) is 19.5. The van der Waals surface area contributed by atoms with Gasteiger partial charge in [0.05, 0.1) is 13.3 Å². The van der Waals surface area contributed by atoms with Gasteiger partial charge < -0.3 is 14.4 Å². The zero-order valence-corrected chi connectivity index (χ0v) is 16.8. The largest absolute Gasteiger partial charge is 0.504 e. The Hall–Kier alpha value is -3.28. The van der Waals surface area contributed by atoms with Crippen molar-refractivity contribution in [3.63, 3.8) is 0 Å². The van der Waals surface area contributed by atoms with Gasteiger partial charge in [0.2, 0.25) is 0 Å². The molecule has 146 valence electrons. The number of carbonyl (C=O) groups is 1. The smallest absolute Gasteiger partial charge is 0.185 e. The van der Waals surface area contributed by atoms with Gasteiger partial charge in [-0.15, -0.1) is 0 Å². The summed E-state index contributed by atoms with van der Waals surface area (Å²) in [4.78, 5) is 12.5. The van der Waals surface area contributed by atoms with Crippen LogP contribution in [0.1, 0.15) is 47.2 Å². The van der Waals surface area contributed by atoms with Crippen LogP contribution in [0.3, 0.4) is 0 Å². The standard InChI is InChI=1S/C22H25N3O3/c1-14(2)25-22(10-11-23-25)24-15(3)12-17(16(24)4)6-8-19(26)18-7-9-20(27)21(13-18)28-5/h6-14,27H,1-5H3/b8-6+. The molecule has 0 unspecified atom stereocenters. The highest BCUT2D eigenvalue weighted by atomic mass is 16.5. The van der Waals surface area contributed by atoms with E-state index in [-0.39, 0.29) is 23.3 Å². The maximum absolute atomic E-state index is 12.5. The van der Waals surface area contributed by atoms with Crippen molar-refractivity contribution in [2.24, 2.45) is 0 Å². The Bertz CT molecular complexity index is 1040. The van der Waals surface area contributed by atoms with E-state index >= 15 is 0 Å². The van der Waals surface area contributed by atoms with E-state index in [2.05, 4.69) is 23.5 Å². The van der Waals surface area contributed by atoms with Crippen LogP contribution in [0.4, 0.5) is 0 Å². The molecule has 0 amide bonds. The fourth-order valence-corrected chi connectivity index (χ4v) is 3.28. The zero-order chi connectivity index (χ0) is 20.4. The summed E-state index contributed by atoms with van der Waals surface area (Å²) in [7, 11) is 1.45. The number of methoxy groups -OCH3 is 1. The minimum absolute atomic E-state index is 0.00772. The molecular weight excluding hydrogens is 354 g/mol. The molecule has 0 aliphatic rings. The third kappa shape index (κ3) is 3.58. The van der Waals surface area contributed by atoms with Gasteiger partial charge in [-0.2, -0.15) is 5.10 Å². The van der Waals surface area contributed by atoms with Crippen LogP contribution in [-0.2, 0) is 0 Å². The number of carbonyl (C=O) groups excluding carboxylic acids is 1. The van der Waals surface area contributed by atoms with Crippen LogP contribution in [0.5, 0.6) is 11.5 Å². The summed E-state index contributed by atoms with van der Waals surface area (Å²) in [5, 5.41) is 14.1. The normalized spacial score (nSPS) is 11.5. The molecule has 0 saturated carbocycles. The molecule has 1 N–H and O–H groups in total. The van der Waals surface area contributed by atoms with Crippen LogP contribution in [0.25, 0.3) is 11.9 Å². The monoisotopic (exact) mass is 379 g/mol. The SMILES string of the molecule is COc1cc(C(=O)/C=C/c2cc(C)n(-c3ccnn3C(C)C)c2C)ccc1O. The highest BCUT2D eigenvalue weighted by molar-refractivity contribution is 6.07. The molecule has 0 spiro atoms. The lowest BCUT2D eigenvalue weighted by Crippen LogP contribution is -2.11. The van der Waals surface area contributed by atoms with Crippen LogP contribution in [-0.4, -0.2) is 32.3 Å². The number of aromatic hydroxyl groups is 1. The molecule has 3 rings (SSSR count). The van der Waals surface area contributed by atoms with Crippen LogP contribution in [0.15, 0.2) is 42.6 Å². The summed E-state index contributed by atoms with van der Waals surface area (Å²) in [6.45, 7) is 8.25. The van der Waals surface area contributed by atoms with E-state index < -0.39 is 0 Å². The van der Waals surface area contributed by atoms with Gasteiger partial charge in [-0.05, 0) is 69.7 Å². The number of benzene rings is 1. The molecule has 6 heteroatoms. The highest BCUT2D eigenvalue weighted by Crippen LogP contribution is 2.27. The van der Waals surface area contributed by atoms with Crippen molar-refractivity contribution < 1.29 is 14.6 Å². The maximum Gasteiger partial charge on any atom is 0.185 e. The van der Waals surface area contributed by atoms with Gasteiger partial charge in [0, 0.05) is 29.1 Å². The average Bonchev–Trinajstić information content (AvgIpc) is 3.24. The third-order valence-corrected chi connectivity index (χ3v) is 4.72. The summed E-state index contributed by atoms with van der Waals surface area (Å²) in [6, 6.07) is 8.85.